The molecule has 1 aliphatic rings. The summed E-state index contributed by atoms with van der Waals surface area (Å²) >= 11 is 8.90. The van der Waals surface area contributed by atoms with Crippen LogP contribution in [0.25, 0.3) is 31.3 Å². The molecule has 9 aromatic carbocycles. The molecule has 0 spiro atoms. The van der Waals surface area contributed by atoms with Gasteiger partial charge in [-0.05, 0) is 112 Å². The molecule has 0 saturated carbocycles. The zero-order valence-corrected chi connectivity index (χ0v) is 33.6. The molecule has 2 nitrogen and oxygen atoms in total. The summed E-state index contributed by atoms with van der Waals surface area (Å²) in [6, 6.07) is 81.0. The van der Waals surface area contributed by atoms with Crippen LogP contribution in [-0.4, -0.2) is 0 Å². The van der Waals surface area contributed by atoms with Crippen LogP contribution >= 0.6 is 22.9 Å². The summed E-state index contributed by atoms with van der Waals surface area (Å²) in [5.74, 6) is 0. The molecule has 10 aromatic rings. The van der Waals surface area contributed by atoms with Gasteiger partial charge in [-0.3, -0.25) is 0 Å². The van der Waals surface area contributed by atoms with Gasteiger partial charge in [-0.2, -0.15) is 0 Å². The van der Waals surface area contributed by atoms with E-state index in [-0.39, 0.29) is 0 Å². The minimum Gasteiger partial charge on any atom is -0.310 e. The predicted molar refractivity (Wildman–Crippen MR) is 251 cm³/mol. The zero-order valence-electron chi connectivity index (χ0n) is 32.0. The quantitative estimate of drug-likeness (QED) is 0.151. The Kier molecular flexibility index (Phi) is 8.66. The maximum Gasteiger partial charge on any atom is 0.0713 e. The first-order chi connectivity index (χ1) is 29.2. The summed E-state index contributed by atoms with van der Waals surface area (Å²) in [4.78, 5) is 4.73. The summed E-state index contributed by atoms with van der Waals surface area (Å²) in [6.45, 7) is 0. The van der Waals surface area contributed by atoms with Crippen LogP contribution in [0.5, 0.6) is 0 Å². The summed E-state index contributed by atoms with van der Waals surface area (Å²) in [7, 11) is 0. The average Bonchev–Trinajstić information content (AvgIpc) is 3.81. The summed E-state index contributed by atoms with van der Waals surface area (Å²) in [6.07, 6.45) is 0. The highest BCUT2D eigenvalue weighted by atomic mass is 35.5. The molecule has 0 aliphatic heterocycles. The minimum absolute atomic E-state index is 0.475. The third-order valence-electron chi connectivity index (χ3n) is 11.7. The number of nitrogens with zero attached hydrogens (tertiary/aromatic N) is 2. The summed E-state index contributed by atoms with van der Waals surface area (Å²) in [5.41, 5.74) is 13.5. The smallest absolute Gasteiger partial charge is 0.0713 e. The Morgan fingerprint density at radius 3 is 1.47 bits per heavy atom. The van der Waals surface area contributed by atoms with E-state index < -0.39 is 5.41 Å². The molecule has 0 saturated heterocycles. The summed E-state index contributed by atoms with van der Waals surface area (Å²) in [5, 5.41) is 3.06. The van der Waals surface area contributed by atoms with E-state index in [1.165, 1.54) is 48.9 Å². The van der Waals surface area contributed by atoms with Crippen molar-refractivity contribution in [2.75, 3.05) is 9.80 Å². The van der Waals surface area contributed by atoms with E-state index >= 15 is 0 Å². The second-order valence-electron chi connectivity index (χ2n) is 15.0. The standard InChI is InChI=1S/C55H37ClN2S/c56-40-34-51(54-48-37-44(31-33-52(48)59-53(54)35-40)57(41-22-10-3-11-23-41)42-24-12-4-13-25-42)58(43-26-14-5-15-27-43)45-30-32-50-47(36-45)46-28-16-17-29-49(46)55(50,38-18-6-1-7-19-38)39-20-8-2-9-21-39/h1-37H. The molecule has 59 heavy (non-hydrogen) atoms. The molecule has 0 atom stereocenters. The molecule has 280 valence electrons. The van der Waals surface area contributed by atoms with Crippen LogP contribution in [0.2, 0.25) is 5.02 Å². The normalized spacial score (nSPS) is 12.6. The maximum atomic E-state index is 7.12. The second-order valence-corrected chi connectivity index (χ2v) is 16.5. The van der Waals surface area contributed by atoms with E-state index in [0.29, 0.717) is 5.02 Å². The van der Waals surface area contributed by atoms with E-state index in [0.717, 1.165) is 38.8 Å². The average molecular weight is 793 g/mol. The molecule has 0 unspecified atom stereocenters. The monoisotopic (exact) mass is 792 g/mol. The molecule has 0 N–H and O–H groups in total. The van der Waals surface area contributed by atoms with Gasteiger partial charge < -0.3 is 9.80 Å². The Hall–Kier alpha value is -6.91. The van der Waals surface area contributed by atoms with Crippen molar-refractivity contribution in [3.8, 4) is 11.1 Å². The lowest BCUT2D eigenvalue weighted by molar-refractivity contribution is 0.768. The van der Waals surface area contributed by atoms with Crippen LogP contribution in [0.4, 0.5) is 34.1 Å². The highest BCUT2D eigenvalue weighted by Crippen LogP contribution is 2.57. The number of benzene rings is 9. The Labute approximate surface area is 353 Å². The molecule has 1 aliphatic carbocycles. The molecule has 0 radical (unpaired) electrons. The number of hydrogen-bond acceptors (Lipinski definition) is 3. The topological polar surface area (TPSA) is 6.48 Å². The highest BCUT2D eigenvalue weighted by molar-refractivity contribution is 7.26. The largest absolute Gasteiger partial charge is 0.310 e. The van der Waals surface area contributed by atoms with Crippen molar-refractivity contribution < 1.29 is 0 Å². The third-order valence-corrected chi connectivity index (χ3v) is 13.1. The van der Waals surface area contributed by atoms with Gasteiger partial charge in [0.25, 0.3) is 0 Å². The van der Waals surface area contributed by atoms with E-state index in [1.54, 1.807) is 11.3 Å². The lowest BCUT2D eigenvalue weighted by Gasteiger charge is -2.34. The van der Waals surface area contributed by atoms with Crippen molar-refractivity contribution in [1.29, 1.82) is 0 Å². The SMILES string of the molecule is Clc1cc(N(c2ccccc2)c2ccc3c(c2)-c2ccccc2C3(c2ccccc2)c2ccccc2)c2c(c1)sc1ccc(N(c3ccccc3)c3ccccc3)cc12. The summed E-state index contributed by atoms with van der Waals surface area (Å²) < 4.78 is 2.35. The van der Waals surface area contributed by atoms with Gasteiger partial charge in [-0.15, -0.1) is 11.3 Å². The minimum atomic E-state index is -0.475. The van der Waals surface area contributed by atoms with Crippen molar-refractivity contribution >= 4 is 77.2 Å². The van der Waals surface area contributed by atoms with Gasteiger partial charge >= 0.3 is 0 Å². The molecule has 11 rings (SSSR count). The van der Waals surface area contributed by atoms with Gasteiger partial charge in [0.05, 0.1) is 11.1 Å². The molecule has 4 heteroatoms. The van der Waals surface area contributed by atoms with Crippen LogP contribution < -0.4 is 9.80 Å². The van der Waals surface area contributed by atoms with Crippen LogP contribution in [0.1, 0.15) is 22.3 Å². The number of hydrogen-bond donors (Lipinski definition) is 0. The van der Waals surface area contributed by atoms with Crippen LogP contribution in [0.15, 0.2) is 224 Å². The molecule has 0 amide bonds. The maximum absolute atomic E-state index is 7.12. The van der Waals surface area contributed by atoms with Crippen molar-refractivity contribution in [2.45, 2.75) is 5.41 Å². The lowest BCUT2D eigenvalue weighted by Crippen LogP contribution is -2.28. The number of rotatable bonds is 8. The number of thiophene rings is 1. The second kappa shape index (κ2) is 14.5. The van der Waals surface area contributed by atoms with Gasteiger partial charge in [0.1, 0.15) is 0 Å². The molecular weight excluding hydrogens is 756 g/mol. The highest BCUT2D eigenvalue weighted by Gasteiger charge is 2.46. The van der Waals surface area contributed by atoms with Crippen molar-refractivity contribution in [3.05, 3.63) is 252 Å². The zero-order chi connectivity index (χ0) is 39.3. The lowest BCUT2D eigenvalue weighted by atomic mass is 9.68. The van der Waals surface area contributed by atoms with Gasteiger partial charge in [0.2, 0.25) is 0 Å². The molecule has 1 aromatic heterocycles. The van der Waals surface area contributed by atoms with E-state index in [1.807, 2.05) is 0 Å². The molecular formula is C55H37ClN2S. The van der Waals surface area contributed by atoms with E-state index in [9.17, 15) is 0 Å². The van der Waals surface area contributed by atoms with Gasteiger partial charge in [-0.1, -0.05) is 157 Å². The van der Waals surface area contributed by atoms with E-state index in [2.05, 4.69) is 234 Å². The Morgan fingerprint density at radius 2 is 0.864 bits per heavy atom. The predicted octanol–water partition coefficient (Wildman–Crippen LogP) is 16.0. The first-order valence-electron chi connectivity index (χ1n) is 20.0. The first kappa shape index (κ1) is 35.3. The van der Waals surface area contributed by atoms with Gasteiger partial charge in [-0.25, -0.2) is 0 Å². The Bertz CT molecular complexity index is 3030. The number of anilines is 6. The van der Waals surface area contributed by atoms with Crippen LogP contribution in [0, 0.1) is 0 Å². The number of para-hydroxylation sites is 3. The molecule has 0 bridgehead atoms. The fourth-order valence-corrected chi connectivity index (χ4v) is 10.8. The molecule has 0 fully saturated rings. The van der Waals surface area contributed by atoms with Gasteiger partial charge in [0, 0.05) is 53.6 Å². The van der Waals surface area contributed by atoms with Crippen molar-refractivity contribution in [3.63, 3.8) is 0 Å². The fourth-order valence-electron chi connectivity index (χ4n) is 9.34. The Morgan fingerprint density at radius 1 is 0.373 bits per heavy atom. The van der Waals surface area contributed by atoms with Crippen molar-refractivity contribution in [1.82, 2.24) is 0 Å². The van der Waals surface area contributed by atoms with E-state index in [4.69, 9.17) is 11.6 Å². The first-order valence-corrected chi connectivity index (χ1v) is 21.1. The Balaban J connectivity index is 1.16. The van der Waals surface area contributed by atoms with Crippen LogP contribution in [0.3, 0.4) is 0 Å². The van der Waals surface area contributed by atoms with Gasteiger partial charge in [0.15, 0.2) is 0 Å². The molecule has 1 heterocycles. The number of halogens is 1. The van der Waals surface area contributed by atoms with Crippen molar-refractivity contribution in [2.24, 2.45) is 0 Å². The third kappa shape index (κ3) is 5.77. The fraction of sp³-hybridized carbons (Fsp3) is 0.0182. The number of fused-ring (bicyclic) bond motifs is 6. The van der Waals surface area contributed by atoms with Crippen LogP contribution in [-0.2, 0) is 5.41 Å².